The first-order valence-electron chi connectivity index (χ1n) is 8.50. The maximum absolute atomic E-state index is 12.3. The van der Waals surface area contributed by atoms with Gasteiger partial charge in [0.15, 0.2) is 0 Å². The molecule has 1 aliphatic carbocycles. The van der Waals surface area contributed by atoms with Gasteiger partial charge in [0.05, 0.1) is 13.2 Å². The predicted molar refractivity (Wildman–Crippen MR) is 82.3 cm³/mol. The van der Waals surface area contributed by atoms with Crippen LogP contribution in [0.1, 0.15) is 32.6 Å². The van der Waals surface area contributed by atoms with Gasteiger partial charge in [-0.1, -0.05) is 13.3 Å². The number of rotatable bonds is 4. The number of nitrogens with zero attached hydrogens (tertiary/aromatic N) is 2. The lowest BCUT2D eigenvalue weighted by Crippen LogP contribution is -2.45. The monoisotopic (exact) mass is 295 g/mol. The van der Waals surface area contributed by atoms with E-state index in [2.05, 4.69) is 17.1 Å². The van der Waals surface area contributed by atoms with Gasteiger partial charge in [0.1, 0.15) is 0 Å². The Morgan fingerprint density at radius 1 is 1.24 bits per heavy atom. The molecule has 0 aromatic carbocycles. The van der Waals surface area contributed by atoms with Gasteiger partial charge in [-0.3, -0.25) is 4.90 Å². The van der Waals surface area contributed by atoms with Crippen LogP contribution in [0.4, 0.5) is 4.79 Å². The largest absolute Gasteiger partial charge is 0.379 e. The van der Waals surface area contributed by atoms with E-state index in [9.17, 15) is 4.79 Å². The SMILES string of the molecule is CC(CNC(=O)N1CCC2(CCC2)C1)CN1CCOCC1. The first kappa shape index (κ1) is 15.1. The summed E-state index contributed by atoms with van der Waals surface area (Å²) in [4.78, 5) is 16.7. The van der Waals surface area contributed by atoms with E-state index in [4.69, 9.17) is 4.74 Å². The smallest absolute Gasteiger partial charge is 0.317 e. The predicted octanol–water partition coefficient (Wildman–Crippen LogP) is 1.54. The van der Waals surface area contributed by atoms with Crippen molar-refractivity contribution in [2.45, 2.75) is 32.6 Å². The Morgan fingerprint density at radius 3 is 2.62 bits per heavy atom. The third-order valence-corrected chi connectivity index (χ3v) is 5.42. The van der Waals surface area contributed by atoms with Crippen LogP contribution in [-0.2, 0) is 4.74 Å². The molecule has 1 saturated carbocycles. The van der Waals surface area contributed by atoms with E-state index in [0.717, 1.165) is 52.5 Å². The van der Waals surface area contributed by atoms with Crippen LogP contribution < -0.4 is 5.32 Å². The molecule has 1 N–H and O–H groups in total. The van der Waals surface area contributed by atoms with Gasteiger partial charge in [-0.2, -0.15) is 0 Å². The van der Waals surface area contributed by atoms with Crippen molar-refractivity contribution in [3.63, 3.8) is 0 Å². The van der Waals surface area contributed by atoms with Gasteiger partial charge >= 0.3 is 6.03 Å². The number of carbonyl (C=O) groups is 1. The summed E-state index contributed by atoms with van der Waals surface area (Å²) in [5.41, 5.74) is 0.497. The zero-order valence-electron chi connectivity index (χ0n) is 13.3. The summed E-state index contributed by atoms with van der Waals surface area (Å²) >= 11 is 0. The highest BCUT2D eigenvalue weighted by Crippen LogP contribution is 2.47. The Bertz CT molecular complexity index is 365. The summed E-state index contributed by atoms with van der Waals surface area (Å²) in [6, 6.07) is 0.146. The Balaban J connectivity index is 1.35. The highest BCUT2D eigenvalue weighted by molar-refractivity contribution is 5.74. The van der Waals surface area contributed by atoms with Crippen LogP contribution in [0.15, 0.2) is 0 Å². The third-order valence-electron chi connectivity index (χ3n) is 5.42. The average molecular weight is 295 g/mol. The number of carbonyl (C=O) groups excluding carboxylic acids is 1. The van der Waals surface area contributed by atoms with Crippen molar-refractivity contribution < 1.29 is 9.53 Å². The van der Waals surface area contributed by atoms with Crippen LogP contribution >= 0.6 is 0 Å². The molecule has 2 amide bonds. The summed E-state index contributed by atoms with van der Waals surface area (Å²) in [7, 11) is 0. The molecule has 21 heavy (non-hydrogen) atoms. The standard InChI is InChI=1S/C16H29N3O2/c1-14(12-18-7-9-21-10-8-18)11-17-15(20)19-6-5-16(13-19)3-2-4-16/h14H,2-13H2,1H3,(H,17,20). The molecular weight excluding hydrogens is 266 g/mol. The molecule has 3 fully saturated rings. The second kappa shape index (κ2) is 6.53. The Labute approximate surface area is 128 Å². The maximum Gasteiger partial charge on any atom is 0.317 e. The first-order chi connectivity index (χ1) is 10.2. The lowest BCUT2D eigenvalue weighted by Gasteiger charge is -2.38. The Kier molecular flexibility index (Phi) is 4.69. The molecular formula is C16H29N3O2. The molecule has 5 heteroatoms. The van der Waals surface area contributed by atoms with Crippen molar-refractivity contribution in [1.29, 1.82) is 0 Å². The minimum absolute atomic E-state index is 0.146. The molecule has 2 aliphatic heterocycles. The fourth-order valence-corrected chi connectivity index (χ4v) is 3.86. The van der Waals surface area contributed by atoms with Crippen LogP contribution in [-0.4, -0.2) is 68.3 Å². The average Bonchev–Trinajstić information content (AvgIpc) is 2.91. The Hall–Kier alpha value is -0.810. The van der Waals surface area contributed by atoms with Gasteiger partial charge in [0.25, 0.3) is 0 Å². The van der Waals surface area contributed by atoms with E-state index in [-0.39, 0.29) is 6.03 Å². The van der Waals surface area contributed by atoms with E-state index < -0.39 is 0 Å². The summed E-state index contributed by atoms with van der Waals surface area (Å²) in [5, 5.41) is 3.13. The van der Waals surface area contributed by atoms with Crippen molar-refractivity contribution in [3.8, 4) is 0 Å². The number of likely N-dealkylation sites (tertiary alicyclic amines) is 1. The van der Waals surface area contributed by atoms with Crippen molar-refractivity contribution in [1.82, 2.24) is 15.1 Å². The molecule has 2 heterocycles. The van der Waals surface area contributed by atoms with Crippen molar-refractivity contribution in [3.05, 3.63) is 0 Å². The van der Waals surface area contributed by atoms with E-state index in [1.54, 1.807) is 0 Å². The molecule has 3 rings (SSSR count). The van der Waals surface area contributed by atoms with Crippen LogP contribution in [0.25, 0.3) is 0 Å². The van der Waals surface area contributed by atoms with E-state index in [1.165, 1.54) is 25.7 Å². The van der Waals surface area contributed by atoms with Crippen molar-refractivity contribution in [2.75, 3.05) is 52.5 Å². The summed E-state index contributed by atoms with van der Waals surface area (Å²) in [5.74, 6) is 0.493. The molecule has 1 unspecified atom stereocenters. The number of urea groups is 1. The fraction of sp³-hybridized carbons (Fsp3) is 0.938. The Morgan fingerprint density at radius 2 is 2.00 bits per heavy atom. The van der Waals surface area contributed by atoms with Gasteiger partial charge in [-0.15, -0.1) is 0 Å². The number of hydrogen-bond donors (Lipinski definition) is 1. The molecule has 120 valence electrons. The van der Waals surface area contributed by atoms with Gasteiger partial charge in [0.2, 0.25) is 0 Å². The molecule has 0 radical (unpaired) electrons. The molecule has 0 aromatic rings. The molecule has 0 bridgehead atoms. The zero-order chi connectivity index (χ0) is 14.7. The molecule has 3 aliphatic rings. The van der Waals surface area contributed by atoms with Gasteiger partial charge in [-0.05, 0) is 30.6 Å². The van der Waals surface area contributed by atoms with Gasteiger partial charge < -0.3 is 15.0 Å². The molecule has 5 nitrogen and oxygen atoms in total. The second-order valence-electron chi connectivity index (χ2n) is 7.23. The normalized spacial score (nSPS) is 26.6. The minimum atomic E-state index is 0.146. The van der Waals surface area contributed by atoms with E-state index in [0.29, 0.717) is 11.3 Å². The van der Waals surface area contributed by atoms with Crippen LogP contribution in [0.5, 0.6) is 0 Å². The highest BCUT2D eigenvalue weighted by Gasteiger charge is 2.44. The van der Waals surface area contributed by atoms with Crippen molar-refractivity contribution in [2.24, 2.45) is 11.3 Å². The summed E-state index contributed by atoms with van der Waals surface area (Å²) in [6.45, 7) is 9.70. The number of ether oxygens (including phenoxy) is 1. The number of morpholine rings is 1. The molecule has 1 spiro atoms. The molecule has 2 saturated heterocycles. The third kappa shape index (κ3) is 3.69. The summed E-state index contributed by atoms with van der Waals surface area (Å²) in [6.07, 6.45) is 5.21. The van der Waals surface area contributed by atoms with Crippen molar-refractivity contribution >= 4 is 6.03 Å². The van der Waals surface area contributed by atoms with Crippen LogP contribution in [0.2, 0.25) is 0 Å². The van der Waals surface area contributed by atoms with Crippen LogP contribution in [0, 0.1) is 11.3 Å². The number of nitrogens with one attached hydrogen (secondary N) is 1. The second-order valence-corrected chi connectivity index (χ2v) is 7.23. The minimum Gasteiger partial charge on any atom is -0.379 e. The topological polar surface area (TPSA) is 44.8 Å². The number of amides is 2. The van der Waals surface area contributed by atoms with Crippen LogP contribution in [0.3, 0.4) is 0 Å². The van der Waals surface area contributed by atoms with E-state index >= 15 is 0 Å². The van der Waals surface area contributed by atoms with E-state index in [1.807, 2.05) is 4.90 Å². The fourth-order valence-electron chi connectivity index (χ4n) is 3.86. The van der Waals surface area contributed by atoms with Gasteiger partial charge in [-0.25, -0.2) is 4.79 Å². The maximum atomic E-state index is 12.3. The first-order valence-corrected chi connectivity index (χ1v) is 8.50. The molecule has 1 atom stereocenters. The highest BCUT2D eigenvalue weighted by atomic mass is 16.5. The van der Waals surface area contributed by atoms with Gasteiger partial charge in [0, 0.05) is 39.3 Å². The lowest BCUT2D eigenvalue weighted by molar-refractivity contribution is 0.0318. The quantitative estimate of drug-likeness (QED) is 0.856. The lowest BCUT2D eigenvalue weighted by atomic mass is 9.68. The zero-order valence-corrected chi connectivity index (χ0v) is 13.3. The summed E-state index contributed by atoms with van der Waals surface area (Å²) < 4.78 is 5.36. The molecule has 0 aromatic heterocycles. The number of hydrogen-bond acceptors (Lipinski definition) is 3.